The zero-order chi connectivity index (χ0) is 14.2. The van der Waals surface area contributed by atoms with Gasteiger partial charge in [-0.3, -0.25) is 0 Å². The fourth-order valence-electron chi connectivity index (χ4n) is 3.75. The van der Waals surface area contributed by atoms with Gasteiger partial charge >= 0.3 is 0 Å². The molecule has 0 aromatic carbocycles. The van der Waals surface area contributed by atoms with Gasteiger partial charge in [-0.15, -0.1) is 0 Å². The number of nitrogens with zero attached hydrogens (tertiary/aromatic N) is 2. The van der Waals surface area contributed by atoms with Crippen LogP contribution < -0.4 is 0 Å². The molecule has 19 heavy (non-hydrogen) atoms. The van der Waals surface area contributed by atoms with Gasteiger partial charge in [0.05, 0.1) is 0 Å². The molecule has 0 radical (unpaired) electrons. The van der Waals surface area contributed by atoms with Crippen LogP contribution >= 0.6 is 0 Å². The Morgan fingerprint density at radius 3 is 1.21 bits per heavy atom. The molecular formula is C14H28N2O2S. The predicted octanol–water partition coefficient (Wildman–Crippen LogP) is 2.19. The Kier molecular flexibility index (Phi) is 4.58. The molecule has 2 heterocycles. The zero-order valence-electron chi connectivity index (χ0n) is 12.7. The highest BCUT2D eigenvalue weighted by molar-refractivity contribution is 7.86. The number of piperidine rings is 2. The summed E-state index contributed by atoms with van der Waals surface area (Å²) in [6.07, 6.45) is 2.28. The van der Waals surface area contributed by atoms with E-state index < -0.39 is 10.2 Å². The Morgan fingerprint density at radius 1 is 0.684 bits per heavy atom. The molecule has 2 fully saturated rings. The lowest BCUT2D eigenvalue weighted by Gasteiger charge is -2.40. The third kappa shape index (κ3) is 3.50. The first-order chi connectivity index (χ1) is 8.79. The Hall–Kier alpha value is -0.130. The zero-order valence-corrected chi connectivity index (χ0v) is 13.5. The Balaban J connectivity index is 2.12. The third-order valence-corrected chi connectivity index (χ3v) is 6.22. The lowest BCUT2D eigenvalue weighted by molar-refractivity contribution is 0.179. The normalized spacial score (nSPS) is 39.4. The summed E-state index contributed by atoms with van der Waals surface area (Å²) >= 11 is 0. The minimum absolute atomic E-state index is 0.471. The van der Waals surface area contributed by atoms with Gasteiger partial charge in [-0.25, -0.2) is 0 Å². The summed E-state index contributed by atoms with van der Waals surface area (Å²) in [6, 6.07) is 0. The predicted molar refractivity (Wildman–Crippen MR) is 78.0 cm³/mol. The average molecular weight is 288 g/mol. The average Bonchev–Trinajstić information content (AvgIpc) is 2.26. The van der Waals surface area contributed by atoms with Gasteiger partial charge in [0.15, 0.2) is 0 Å². The summed E-state index contributed by atoms with van der Waals surface area (Å²) in [6.45, 7) is 11.4. The van der Waals surface area contributed by atoms with Crippen LogP contribution in [0, 0.1) is 23.7 Å². The topological polar surface area (TPSA) is 40.6 Å². The molecule has 2 rings (SSSR count). The van der Waals surface area contributed by atoms with Crippen LogP contribution in [0.25, 0.3) is 0 Å². The minimum atomic E-state index is -3.25. The van der Waals surface area contributed by atoms with E-state index in [1.54, 1.807) is 8.61 Å². The van der Waals surface area contributed by atoms with Crippen LogP contribution in [0.4, 0.5) is 0 Å². The van der Waals surface area contributed by atoms with Gasteiger partial charge < -0.3 is 0 Å². The standard InChI is InChI=1S/C14H28N2O2S/c1-11-5-12(2)8-15(7-11)19(17,18)16-9-13(3)6-14(4)10-16/h11-14H,5-10H2,1-4H3. The first-order valence-electron chi connectivity index (χ1n) is 7.54. The van der Waals surface area contributed by atoms with Crippen LogP contribution in [0.3, 0.4) is 0 Å². The highest BCUT2D eigenvalue weighted by Gasteiger charge is 2.37. The molecule has 0 aromatic heterocycles. The molecule has 4 unspecified atom stereocenters. The van der Waals surface area contributed by atoms with Crippen molar-refractivity contribution in [3.63, 3.8) is 0 Å². The van der Waals surface area contributed by atoms with E-state index >= 15 is 0 Å². The van der Waals surface area contributed by atoms with Gasteiger partial charge in [0, 0.05) is 26.2 Å². The van der Waals surface area contributed by atoms with Gasteiger partial charge in [0.25, 0.3) is 10.2 Å². The number of hydrogen-bond acceptors (Lipinski definition) is 2. The second-order valence-corrected chi connectivity index (χ2v) is 8.96. The first-order valence-corrected chi connectivity index (χ1v) is 8.94. The van der Waals surface area contributed by atoms with E-state index in [0.29, 0.717) is 49.9 Å². The lowest BCUT2D eigenvalue weighted by Crippen LogP contribution is -2.53. The van der Waals surface area contributed by atoms with Crippen molar-refractivity contribution < 1.29 is 8.42 Å². The molecule has 4 nitrogen and oxygen atoms in total. The maximum atomic E-state index is 12.8. The molecule has 4 atom stereocenters. The molecule has 112 valence electrons. The van der Waals surface area contributed by atoms with Crippen molar-refractivity contribution in [2.75, 3.05) is 26.2 Å². The van der Waals surface area contributed by atoms with Crippen molar-refractivity contribution in [3.05, 3.63) is 0 Å². The molecule has 0 bridgehead atoms. The molecule has 2 saturated heterocycles. The first kappa shape index (κ1) is 15.3. The molecular weight excluding hydrogens is 260 g/mol. The second-order valence-electron chi connectivity index (χ2n) is 7.03. The van der Waals surface area contributed by atoms with Crippen molar-refractivity contribution in [1.82, 2.24) is 8.61 Å². The van der Waals surface area contributed by atoms with Crippen molar-refractivity contribution in [1.29, 1.82) is 0 Å². The van der Waals surface area contributed by atoms with E-state index in [1.165, 1.54) is 0 Å². The second kappa shape index (κ2) is 5.70. The quantitative estimate of drug-likeness (QED) is 0.781. The molecule has 2 aliphatic heterocycles. The van der Waals surface area contributed by atoms with E-state index in [1.807, 2.05) is 0 Å². The van der Waals surface area contributed by atoms with E-state index in [9.17, 15) is 8.42 Å². The van der Waals surface area contributed by atoms with Gasteiger partial charge in [-0.2, -0.15) is 17.0 Å². The SMILES string of the molecule is CC1CC(C)CN(S(=O)(=O)N2CC(C)CC(C)C2)C1. The Bertz CT molecular complexity index is 358. The monoisotopic (exact) mass is 288 g/mol. The summed E-state index contributed by atoms with van der Waals surface area (Å²) < 4.78 is 29.0. The molecule has 0 spiro atoms. The van der Waals surface area contributed by atoms with Crippen molar-refractivity contribution >= 4 is 10.2 Å². The molecule has 2 aliphatic rings. The van der Waals surface area contributed by atoms with Crippen LogP contribution in [-0.2, 0) is 10.2 Å². The fraction of sp³-hybridized carbons (Fsp3) is 1.00. The highest BCUT2D eigenvalue weighted by Crippen LogP contribution is 2.28. The van der Waals surface area contributed by atoms with E-state index in [0.717, 1.165) is 12.8 Å². The maximum Gasteiger partial charge on any atom is 0.282 e. The fourth-order valence-corrected chi connectivity index (χ4v) is 5.85. The van der Waals surface area contributed by atoms with E-state index in [4.69, 9.17) is 0 Å². The van der Waals surface area contributed by atoms with E-state index in [2.05, 4.69) is 27.7 Å². The molecule has 0 saturated carbocycles. The summed E-state index contributed by atoms with van der Waals surface area (Å²) in [5.41, 5.74) is 0. The highest BCUT2D eigenvalue weighted by atomic mass is 32.2. The largest absolute Gasteiger partial charge is 0.282 e. The maximum absolute atomic E-state index is 12.8. The third-order valence-electron chi connectivity index (χ3n) is 4.32. The Morgan fingerprint density at radius 2 is 0.947 bits per heavy atom. The van der Waals surface area contributed by atoms with Crippen molar-refractivity contribution in [2.24, 2.45) is 23.7 Å². The smallest absolute Gasteiger partial charge is 0.195 e. The van der Waals surface area contributed by atoms with Crippen LogP contribution in [-0.4, -0.2) is 43.2 Å². The molecule has 0 amide bonds. The van der Waals surface area contributed by atoms with Crippen LogP contribution in [0.2, 0.25) is 0 Å². The van der Waals surface area contributed by atoms with Crippen LogP contribution in [0.5, 0.6) is 0 Å². The number of rotatable bonds is 2. The van der Waals surface area contributed by atoms with Gasteiger partial charge in [-0.1, -0.05) is 27.7 Å². The summed E-state index contributed by atoms with van der Waals surface area (Å²) in [5, 5.41) is 0. The summed E-state index contributed by atoms with van der Waals surface area (Å²) in [5.74, 6) is 1.88. The van der Waals surface area contributed by atoms with E-state index in [-0.39, 0.29) is 0 Å². The lowest BCUT2D eigenvalue weighted by atomic mass is 9.93. The molecule has 0 aromatic rings. The Labute approximate surface area is 118 Å². The van der Waals surface area contributed by atoms with Crippen molar-refractivity contribution in [2.45, 2.75) is 40.5 Å². The molecule has 0 aliphatic carbocycles. The van der Waals surface area contributed by atoms with Gasteiger partial charge in [0.1, 0.15) is 0 Å². The summed E-state index contributed by atoms with van der Waals surface area (Å²) in [7, 11) is -3.25. The molecule has 0 N–H and O–H groups in total. The summed E-state index contributed by atoms with van der Waals surface area (Å²) in [4.78, 5) is 0. The number of hydrogen-bond donors (Lipinski definition) is 0. The van der Waals surface area contributed by atoms with Gasteiger partial charge in [-0.05, 0) is 36.5 Å². The minimum Gasteiger partial charge on any atom is -0.195 e. The van der Waals surface area contributed by atoms with Gasteiger partial charge in [0.2, 0.25) is 0 Å². The van der Waals surface area contributed by atoms with Crippen LogP contribution in [0.1, 0.15) is 40.5 Å². The van der Waals surface area contributed by atoms with Crippen molar-refractivity contribution in [3.8, 4) is 0 Å². The van der Waals surface area contributed by atoms with Crippen LogP contribution in [0.15, 0.2) is 0 Å². The molecule has 5 heteroatoms.